The smallest absolute Gasteiger partial charge is 0.269 e. The Kier molecular flexibility index (Phi) is 4.77. The summed E-state index contributed by atoms with van der Waals surface area (Å²) in [6, 6.07) is 15.7. The molecule has 5 N–H and O–H groups in total. The number of anilines is 1. The molecule has 30 heavy (non-hydrogen) atoms. The molecule has 3 amide bonds. The number of carbonyl (C=O) groups excluding carboxylic acids is 3. The van der Waals surface area contributed by atoms with Gasteiger partial charge in [-0.05, 0) is 36.4 Å². The Morgan fingerprint density at radius 2 is 1.67 bits per heavy atom. The van der Waals surface area contributed by atoms with E-state index in [0.717, 1.165) is 5.52 Å². The molecule has 0 atom stereocenters. The lowest BCUT2D eigenvalue weighted by molar-refractivity contribution is -0.116. The van der Waals surface area contributed by atoms with E-state index in [1.54, 1.807) is 47.3 Å². The number of nitrogens with two attached hydrogens (primary N) is 2. The van der Waals surface area contributed by atoms with Gasteiger partial charge in [-0.2, -0.15) is 5.10 Å². The molecule has 0 fully saturated rings. The third-order valence-corrected chi connectivity index (χ3v) is 4.63. The minimum atomic E-state index is -0.602. The van der Waals surface area contributed by atoms with Crippen molar-refractivity contribution < 1.29 is 14.4 Å². The number of fused-ring (bicyclic) bond motifs is 1. The van der Waals surface area contributed by atoms with Gasteiger partial charge in [-0.15, -0.1) is 0 Å². The lowest BCUT2D eigenvalue weighted by Crippen LogP contribution is -2.18. The van der Waals surface area contributed by atoms with Crippen molar-refractivity contribution in [2.45, 2.75) is 6.54 Å². The van der Waals surface area contributed by atoms with Gasteiger partial charge in [-0.1, -0.05) is 18.2 Å². The molecule has 9 heteroatoms. The van der Waals surface area contributed by atoms with Crippen LogP contribution >= 0.6 is 0 Å². The number of hydrogen-bond donors (Lipinski definition) is 3. The van der Waals surface area contributed by atoms with E-state index in [9.17, 15) is 14.4 Å². The van der Waals surface area contributed by atoms with Crippen molar-refractivity contribution in [2.24, 2.45) is 11.5 Å². The molecule has 2 heterocycles. The fraction of sp³-hybridized carbons (Fsp3) is 0.0476. The molecule has 0 aliphatic carbocycles. The molecular formula is C21H18N6O3. The number of rotatable bonds is 6. The minimum absolute atomic E-state index is 0.0245. The van der Waals surface area contributed by atoms with E-state index in [4.69, 9.17) is 11.5 Å². The van der Waals surface area contributed by atoms with Crippen molar-refractivity contribution >= 4 is 34.3 Å². The second-order valence-corrected chi connectivity index (χ2v) is 6.66. The van der Waals surface area contributed by atoms with Gasteiger partial charge in [-0.25, -0.2) is 4.68 Å². The van der Waals surface area contributed by atoms with Crippen LogP contribution in [0, 0.1) is 0 Å². The van der Waals surface area contributed by atoms with E-state index < -0.39 is 11.8 Å². The maximum Gasteiger partial charge on any atom is 0.269 e. The van der Waals surface area contributed by atoms with Gasteiger partial charge in [0.2, 0.25) is 5.91 Å². The van der Waals surface area contributed by atoms with Crippen molar-refractivity contribution in [3.05, 3.63) is 78.2 Å². The Morgan fingerprint density at radius 3 is 2.33 bits per heavy atom. The zero-order valence-electron chi connectivity index (χ0n) is 15.8. The van der Waals surface area contributed by atoms with Gasteiger partial charge in [0.1, 0.15) is 12.2 Å². The van der Waals surface area contributed by atoms with Crippen molar-refractivity contribution in [1.82, 2.24) is 14.3 Å². The van der Waals surface area contributed by atoms with Crippen LogP contribution in [0.2, 0.25) is 0 Å². The van der Waals surface area contributed by atoms with E-state index in [1.807, 2.05) is 18.2 Å². The summed E-state index contributed by atoms with van der Waals surface area (Å²) < 4.78 is 3.21. The molecule has 4 rings (SSSR count). The summed E-state index contributed by atoms with van der Waals surface area (Å²) >= 11 is 0. The monoisotopic (exact) mass is 402 g/mol. The van der Waals surface area contributed by atoms with E-state index in [2.05, 4.69) is 10.4 Å². The molecule has 9 nitrogen and oxygen atoms in total. The third-order valence-electron chi connectivity index (χ3n) is 4.63. The summed E-state index contributed by atoms with van der Waals surface area (Å²) in [6.45, 7) is 0.0245. The summed E-state index contributed by atoms with van der Waals surface area (Å²) in [5.41, 5.74) is 13.2. The van der Waals surface area contributed by atoms with Crippen LogP contribution in [0.15, 0.2) is 67.0 Å². The van der Waals surface area contributed by atoms with Crippen molar-refractivity contribution in [1.29, 1.82) is 0 Å². The normalized spacial score (nSPS) is 10.8. The number of carbonyl (C=O) groups is 3. The Morgan fingerprint density at radius 1 is 0.933 bits per heavy atom. The van der Waals surface area contributed by atoms with E-state index in [0.29, 0.717) is 22.3 Å². The van der Waals surface area contributed by atoms with Crippen molar-refractivity contribution in [3.63, 3.8) is 0 Å². The molecule has 2 aromatic carbocycles. The quantitative estimate of drug-likeness (QED) is 0.451. The molecular weight excluding hydrogens is 384 g/mol. The van der Waals surface area contributed by atoms with Gasteiger partial charge in [-0.3, -0.25) is 14.4 Å². The average molecular weight is 402 g/mol. The number of primary amides is 2. The highest BCUT2D eigenvalue weighted by Crippen LogP contribution is 2.21. The summed E-state index contributed by atoms with van der Waals surface area (Å²) in [5, 5.41) is 7.61. The molecule has 0 saturated carbocycles. The largest absolute Gasteiger partial charge is 0.366 e. The molecule has 0 bridgehead atoms. The first-order valence-electron chi connectivity index (χ1n) is 9.06. The molecule has 150 valence electrons. The number of para-hydroxylation sites is 1. The van der Waals surface area contributed by atoms with Gasteiger partial charge in [0.05, 0.1) is 11.3 Å². The number of amides is 3. The highest BCUT2D eigenvalue weighted by atomic mass is 16.2. The average Bonchev–Trinajstić information content (AvgIpc) is 3.35. The standard InChI is InChI=1S/C21H18N6O3/c22-20(29)16-11-26(18-4-2-1-3-15(16)18)12-19(28)24-13-5-7-14(8-6-13)27-10-9-17(25-27)21(23)30/h1-11H,12H2,(H2,22,29)(H2,23,30)(H,24,28). The SMILES string of the molecule is NC(=O)c1ccn(-c2ccc(NC(=O)Cn3cc(C(N)=O)c4ccccc43)cc2)n1. The van der Waals surface area contributed by atoms with Gasteiger partial charge in [0.15, 0.2) is 0 Å². The number of benzene rings is 2. The van der Waals surface area contributed by atoms with Crippen LogP contribution in [0.1, 0.15) is 20.8 Å². The van der Waals surface area contributed by atoms with Crippen LogP contribution in [-0.4, -0.2) is 32.1 Å². The molecule has 0 unspecified atom stereocenters. The Bertz CT molecular complexity index is 1270. The zero-order valence-corrected chi connectivity index (χ0v) is 15.8. The fourth-order valence-electron chi connectivity index (χ4n) is 3.23. The van der Waals surface area contributed by atoms with Crippen molar-refractivity contribution in [2.75, 3.05) is 5.32 Å². The van der Waals surface area contributed by atoms with Crippen LogP contribution in [0.3, 0.4) is 0 Å². The highest BCUT2D eigenvalue weighted by Gasteiger charge is 2.14. The predicted octanol–water partition coefficient (Wildman–Crippen LogP) is 1.66. The maximum atomic E-state index is 12.5. The highest BCUT2D eigenvalue weighted by molar-refractivity contribution is 6.06. The Hall–Kier alpha value is -4.40. The molecule has 0 aliphatic heterocycles. The van der Waals surface area contributed by atoms with Gasteiger partial charge in [0.25, 0.3) is 11.8 Å². The van der Waals surface area contributed by atoms with E-state index in [-0.39, 0.29) is 18.1 Å². The second-order valence-electron chi connectivity index (χ2n) is 6.66. The fourth-order valence-corrected chi connectivity index (χ4v) is 3.23. The topological polar surface area (TPSA) is 138 Å². The molecule has 0 saturated heterocycles. The van der Waals surface area contributed by atoms with Crippen molar-refractivity contribution in [3.8, 4) is 5.69 Å². The summed E-state index contributed by atoms with van der Waals surface area (Å²) in [5.74, 6) is -1.40. The number of hydrogen-bond acceptors (Lipinski definition) is 4. The molecule has 2 aromatic heterocycles. The zero-order chi connectivity index (χ0) is 21.3. The minimum Gasteiger partial charge on any atom is -0.366 e. The Labute approximate surface area is 170 Å². The number of nitrogens with zero attached hydrogens (tertiary/aromatic N) is 3. The van der Waals surface area contributed by atoms with Crippen LogP contribution in [-0.2, 0) is 11.3 Å². The van der Waals surface area contributed by atoms with Gasteiger partial charge >= 0.3 is 0 Å². The first kappa shape index (κ1) is 18.9. The lowest BCUT2D eigenvalue weighted by Gasteiger charge is -2.08. The van der Waals surface area contributed by atoms with Gasteiger partial charge in [0, 0.05) is 29.0 Å². The van der Waals surface area contributed by atoms with Crippen LogP contribution < -0.4 is 16.8 Å². The summed E-state index contributed by atoms with van der Waals surface area (Å²) in [7, 11) is 0. The van der Waals surface area contributed by atoms with E-state index >= 15 is 0 Å². The molecule has 0 spiro atoms. The van der Waals surface area contributed by atoms with Gasteiger partial charge < -0.3 is 21.4 Å². The third kappa shape index (κ3) is 3.63. The number of aromatic nitrogens is 3. The van der Waals surface area contributed by atoms with Crippen LogP contribution in [0.25, 0.3) is 16.6 Å². The van der Waals surface area contributed by atoms with E-state index in [1.165, 1.54) is 10.7 Å². The first-order valence-corrected chi connectivity index (χ1v) is 9.06. The Balaban J connectivity index is 1.49. The van der Waals surface area contributed by atoms with Crippen LogP contribution in [0.4, 0.5) is 5.69 Å². The lowest BCUT2D eigenvalue weighted by atomic mass is 10.2. The maximum absolute atomic E-state index is 12.5. The second kappa shape index (κ2) is 7.55. The summed E-state index contributed by atoms with van der Waals surface area (Å²) in [6.07, 6.45) is 3.21. The molecule has 4 aromatic rings. The van der Waals surface area contributed by atoms with Crippen LogP contribution in [0.5, 0.6) is 0 Å². The number of nitrogens with one attached hydrogen (secondary N) is 1. The molecule has 0 aliphatic rings. The summed E-state index contributed by atoms with van der Waals surface area (Å²) in [4.78, 5) is 35.4. The predicted molar refractivity (Wildman–Crippen MR) is 111 cm³/mol. The first-order chi connectivity index (χ1) is 14.4. The molecule has 0 radical (unpaired) electrons.